The van der Waals surface area contributed by atoms with E-state index in [1.807, 2.05) is 33.8 Å². The van der Waals surface area contributed by atoms with Gasteiger partial charge in [0.25, 0.3) is 5.91 Å². The minimum absolute atomic E-state index is 0.0504. The smallest absolute Gasteiger partial charge is 0.252 e. The first-order chi connectivity index (χ1) is 12.7. The molecule has 0 aliphatic carbocycles. The number of carbonyl (C=O) groups is 2. The molecule has 2 aliphatic rings. The van der Waals surface area contributed by atoms with Crippen LogP contribution in [-0.4, -0.2) is 52.4 Å². The number of piperidine rings is 1. The van der Waals surface area contributed by atoms with Crippen LogP contribution in [-0.2, 0) is 4.79 Å². The molecule has 3 atom stereocenters. The first kappa shape index (κ1) is 19.8. The number of carbonyl (C=O) groups excluding carboxylic acids is 2. The van der Waals surface area contributed by atoms with Gasteiger partial charge in [0.15, 0.2) is 0 Å². The van der Waals surface area contributed by atoms with Crippen molar-refractivity contribution in [2.24, 2.45) is 5.92 Å². The third-order valence-corrected chi connectivity index (χ3v) is 5.51. The van der Waals surface area contributed by atoms with Crippen molar-refractivity contribution in [2.75, 3.05) is 13.1 Å². The number of amides is 2. The van der Waals surface area contributed by atoms with Crippen LogP contribution in [0.1, 0.15) is 62.4 Å². The van der Waals surface area contributed by atoms with Crippen molar-refractivity contribution in [1.29, 1.82) is 0 Å². The average molecular weight is 373 g/mol. The van der Waals surface area contributed by atoms with Gasteiger partial charge >= 0.3 is 0 Å². The van der Waals surface area contributed by atoms with Crippen LogP contribution in [0.5, 0.6) is 0 Å². The Labute approximate surface area is 162 Å². The number of nitrogens with zero attached hydrogens (tertiary/aromatic N) is 2. The van der Waals surface area contributed by atoms with E-state index in [2.05, 4.69) is 20.5 Å². The normalized spacial score (nSPS) is 25.3. The highest BCUT2D eigenvalue weighted by atomic mass is 16.2. The van der Waals surface area contributed by atoms with Gasteiger partial charge in [0, 0.05) is 36.6 Å². The SMILES string of the molecule is Cc1cncc(C(=O)NCC2C[C@H]3CC[C@@H](C2)N3CC(=O)NC(C)(C)C)c1. The van der Waals surface area contributed by atoms with Crippen molar-refractivity contribution in [1.82, 2.24) is 20.5 Å². The lowest BCUT2D eigenvalue weighted by molar-refractivity contribution is -0.125. The zero-order chi connectivity index (χ0) is 19.6. The van der Waals surface area contributed by atoms with Gasteiger partial charge in [-0.05, 0) is 70.9 Å². The summed E-state index contributed by atoms with van der Waals surface area (Å²) >= 11 is 0. The van der Waals surface area contributed by atoms with Crippen LogP contribution in [0.2, 0.25) is 0 Å². The number of aromatic nitrogens is 1. The average Bonchev–Trinajstić information content (AvgIpc) is 2.80. The molecule has 2 N–H and O–H groups in total. The Bertz CT molecular complexity index is 684. The Morgan fingerprint density at radius 3 is 2.44 bits per heavy atom. The standard InChI is InChI=1S/C21H32N4O2/c1-14-7-16(12-22-10-14)20(27)23-11-15-8-17-5-6-18(9-15)25(17)13-19(26)24-21(2,3)4/h7,10,12,15,17-18H,5-6,8-9,11,13H2,1-4H3,(H,23,27)(H,24,26)/t15?,17-,18+. The van der Waals surface area contributed by atoms with Gasteiger partial charge in [-0.15, -0.1) is 0 Å². The van der Waals surface area contributed by atoms with Crippen LogP contribution in [0.4, 0.5) is 0 Å². The molecule has 1 aromatic rings. The Hall–Kier alpha value is -1.95. The summed E-state index contributed by atoms with van der Waals surface area (Å²) in [5.74, 6) is 0.537. The van der Waals surface area contributed by atoms with Gasteiger partial charge in [-0.3, -0.25) is 19.5 Å². The van der Waals surface area contributed by atoms with Gasteiger partial charge in [0.2, 0.25) is 5.91 Å². The predicted molar refractivity (Wildman–Crippen MR) is 105 cm³/mol. The molecule has 0 spiro atoms. The third-order valence-electron chi connectivity index (χ3n) is 5.51. The van der Waals surface area contributed by atoms with Crippen LogP contribution in [0, 0.1) is 12.8 Å². The number of nitrogens with one attached hydrogen (secondary N) is 2. The topological polar surface area (TPSA) is 74.3 Å². The van der Waals surface area contributed by atoms with Gasteiger partial charge in [-0.1, -0.05) is 0 Å². The summed E-state index contributed by atoms with van der Waals surface area (Å²) in [6.45, 7) is 9.16. The molecular formula is C21H32N4O2. The van der Waals surface area contributed by atoms with Crippen molar-refractivity contribution in [3.05, 3.63) is 29.6 Å². The van der Waals surface area contributed by atoms with Gasteiger partial charge in [-0.25, -0.2) is 0 Å². The quantitative estimate of drug-likeness (QED) is 0.832. The maximum atomic E-state index is 12.3. The fraction of sp³-hybridized carbons (Fsp3) is 0.667. The van der Waals surface area contributed by atoms with Crippen molar-refractivity contribution in [3.63, 3.8) is 0 Å². The van der Waals surface area contributed by atoms with E-state index < -0.39 is 0 Å². The van der Waals surface area contributed by atoms with Gasteiger partial charge < -0.3 is 10.6 Å². The molecule has 1 aromatic heterocycles. The molecule has 2 amide bonds. The monoisotopic (exact) mass is 372 g/mol. The molecule has 3 rings (SSSR count). The van der Waals surface area contributed by atoms with E-state index in [1.54, 1.807) is 12.4 Å². The van der Waals surface area contributed by atoms with E-state index in [1.165, 1.54) is 0 Å². The molecule has 2 bridgehead atoms. The molecule has 6 heteroatoms. The molecular weight excluding hydrogens is 340 g/mol. The minimum atomic E-state index is -0.191. The minimum Gasteiger partial charge on any atom is -0.352 e. The largest absolute Gasteiger partial charge is 0.352 e. The summed E-state index contributed by atoms with van der Waals surface area (Å²) in [5, 5.41) is 6.14. The van der Waals surface area contributed by atoms with E-state index in [4.69, 9.17) is 0 Å². The second-order valence-corrected chi connectivity index (χ2v) is 9.15. The lowest BCUT2D eigenvalue weighted by Crippen LogP contribution is -2.52. The lowest BCUT2D eigenvalue weighted by Gasteiger charge is -2.39. The summed E-state index contributed by atoms with van der Waals surface area (Å²) in [6.07, 6.45) is 7.76. The number of pyridine rings is 1. The van der Waals surface area contributed by atoms with Crippen molar-refractivity contribution < 1.29 is 9.59 Å². The van der Waals surface area contributed by atoms with E-state index in [9.17, 15) is 9.59 Å². The van der Waals surface area contributed by atoms with E-state index in [0.717, 1.165) is 31.2 Å². The summed E-state index contributed by atoms with van der Waals surface area (Å²) in [5.41, 5.74) is 1.42. The van der Waals surface area contributed by atoms with E-state index in [-0.39, 0.29) is 17.4 Å². The molecule has 148 valence electrons. The maximum Gasteiger partial charge on any atom is 0.252 e. The molecule has 2 saturated heterocycles. The molecule has 3 heterocycles. The van der Waals surface area contributed by atoms with Crippen LogP contribution < -0.4 is 10.6 Å². The van der Waals surface area contributed by atoms with Crippen molar-refractivity contribution in [3.8, 4) is 0 Å². The number of aryl methyl sites for hydroxylation is 1. The lowest BCUT2D eigenvalue weighted by atomic mass is 9.90. The molecule has 2 aliphatic heterocycles. The Morgan fingerprint density at radius 1 is 1.19 bits per heavy atom. The molecule has 0 aromatic carbocycles. The maximum absolute atomic E-state index is 12.3. The van der Waals surface area contributed by atoms with E-state index in [0.29, 0.717) is 36.7 Å². The second-order valence-electron chi connectivity index (χ2n) is 9.15. The second kappa shape index (κ2) is 7.97. The Balaban J connectivity index is 1.50. The van der Waals surface area contributed by atoms with Gasteiger partial charge in [0.1, 0.15) is 0 Å². The fourth-order valence-corrected chi connectivity index (χ4v) is 4.45. The predicted octanol–water partition coefficient (Wildman–Crippen LogP) is 2.28. The molecule has 1 unspecified atom stereocenters. The summed E-state index contributed by atoms with van der Waals surface area (Å²) in [7, 11) is 0. The van der Waals surface area contributed by atoms with Crippen LogP contribution in [0.3, 0.4) is 0 Å². The van der Waals surface area contributed by atoms with Crippen LogP contribution in [0.25, 0.3) is 0 Å². The number of hydrogen-bond acceptors (Lipinski definition) is 4. The molecule has 0 saturated carbocycles. The molecule has 0 radical (unpaired) electrons. The Kier molecular flexibility index (Phi) is 5.84. The third kappa shape index (κ3) is 5.28. The highest BCUT2D eigenvalue weighted by Gasteiger charge is 2.41. The molecule has 27 heavy (non-hydrogen) atoms. The first-order valence-corrected chi connectivity index (χ1v) is 9.98. The zero-order valence-electron chi connectivity index (χ0n) is 16.9. The van der Waals surface area contributed by atoms with Crippen molar-refractivity contribution >= 4 is 11.8 Å². The number of fused-ring (bicyclic) bond motifs is 2. The highest BCUT2D eigenvalue weighted by Crippen LogP contribution is 2.38. The van der Waals surface area contributed by atoms with Crippen molar-refractivity contribution in [2.45, 2.75) is 71.0 Å². The summed E-state index contributed by atoms with van der Waals surface area (Å²) < 4.78 is 0. The molecule has 6 nitrogen and oxygen atoms in total. The number of rotatable bonds is 5. The fourth-order valence-electron chi connectivity index (χ4n) is 4.45. The Morgan fingerprint density at radius 2 is 1.85 bits per heavy atom. The van der Waals surface area contributed by atoms with Crippen LogP contribution >= 0.6 is 0 Å². The zero-order valence-corrected chi connectivity index (χ0v) is 16.9. The highest BCUT2D eigenvalue weighted by molar-refractivity contribution is 5.94. The van der Waals surface area contributed by atoms with Crippen LogP contribution in [0.15, 0.2) is 18.5 Å². The summed E-state index contributed by atoms with van der Waals surface area (Å²) in [6, 6.07) is 2.77. The van der Waals surface area contributed by atoms with Gasteiger partial charge in [0.05, 0.1) is 12.1 Å². The van der Waals surface area contributed by atoms with E-state index >= 15 is 0 Å². The first-order valence-electron chi connectivity index (χ1n) is 9.98. The molecule has 2 fully saturated rings. The van der Waals surface area contributed by atoms with Gasteiger partial charge in [-0.2, -0.15) is 0 Å². The number of hydrogen-bond donors (Lipinski definition) is 2. The summed E-state index contributed by atoms with van der Waals surface area (Å²) in [4.78, 5) is 31.1.